The Kier molecular flexibility index (Phi) is 3.75. The zero-order valence-electron chi connectivity index (χ0n) is 10.6. The molecule has 6 heteroatoms. The van der Waals surface area contributed by atoms with Crippen molar-refractivity contribution in [3.8, 4) is 0 Å². The number of aliphatic hydroxyl groups is 1. The lowest BCUT2D eigenvalue weighted by molar-refractivity contribution is -0.141. The molecule has 2 aliphatic rings. The third-order valence-electron chi connectivity index (χ3n) is 3.98. The molecule has 18 heavy (non-hydrogen) atoms. The molecule has 1 saturated carbocycles. The molecule has 1 aliphatic carbocycles. The van der Waals surface area contributed by atoms with E-state index in [2.05, 4.69) is 0 Å². The van der Waals surface area contributed by atoms with Crippen molar-refractivity contribution in [1.29, 1.82) is 0 Å². The number of hydrogen-bond donors (Lipinski definition) is 2. The van der Waals surface area contributed by atoms with E-state index in [0.717, 1.165) is 25.7 Å². The second kappa shape index (κ2) is 5.14. The zero-order chi connectivity index (χ0) is 13.3. The summed E-state index contributed by atoms with van der Waals surface area (Å²) in [5.74, 6) is -1.04. The van der Waals surface area contributed by atoms with Gasteiger partial charge in [0.1, 0.15) is 6.04 Å². The third kappa shape index (κ3) is 2.43. The van der Waals surface area contributed by atoms with Gasteiger partial charge in [-0.2, -0.15) is 0 Å². The molecule has 0 aromatic carbocycles. The molecule has 102 valence electrons. The number of rotatable bonds is 2. The van der Waals surface area contributed by atoms with Crippen LogP contribution >= 0.6 is 0 Å². The summed E-state index contributed by atoms with van der Waals surface area (Å²) in [6.07, 6.45) is 3.60. The zero-order valence-corrected chi connectivity index (χ0v) is 10.6. The van der Waals surface area contributed by atoms with Crippen LogP contribution in [0.3, 0.4) is 0 Å². The number of aliphatic hydroxyl groups excluding tert-OH is 1. The van der Waals surface area contributed by atoms with Crippen LogP contribution in [0, 0.1) is 0 Å². The number of nitrogens with zero attached hydrogens (tertiary/aromatic N) is 2. The number of carboxylic acid groups (broad SMARTS) is 1. The maximum atomic E-state index is 12.3. The van der Waals surface area contributed by atoms with Crippen LogP contribution in [0.1, 0.15) is 32.1 Å². The van der Waals surface area contributed by atoms with Gasteiger partial charge in [0.25, 0.3) is 0 Å². The molecule has 1 aliphatic heterocycles. The number of carbonyl (C=O) groups excluding carboxylic acids is 1. The highest BCUT2D eigenvalue weighted by molar-refractivity contribution is 5.83. The molecule has 0 radical (unpaired) electrons. The van der Waals surface area contributed by atoms with Crippen molar-refractivity contribution in [1.82, 2.24) is 9.80 Å². The van der Waals surface area contributed by atoms with Crippen molar-refractivity contribution in [3.63, 3.8) is 0 Å². The van der Waals surface area contributed by atoms with E-state index in [1.807, 2.05) is 0 Å². The van der Waals surface area contributed by atoms with Gasteiger partial charge < -0.3 is 20.0 Å². The highest BCUT2D eigenvalue weighted by Gasteiger charge is 2.41. The van der Waals surface area contributed by atoms with Crippen molar-refractivity contribution >= 4 is 12.0 Å². The van der Waals surface area contributed by atoms with E-state index in [-0.39, 0.29) is 25.0 Å². The highest BCUT2D eigenvalue weighted by Crippen LogP contribution is 2.26. The standard InChI is InChI=1S/C12H20N2O4/c1-13(8-4-2-3-5-8)12(18)14-7-9(15)6-10(14)11(16)17/h8-10,15H,2-7H2,1H3,(H,16,17)/t9?,10-/m0/s1. The summed E-state index contributed by atoms with van der Waals surface area (Å²) >= 11 is 0. The fraction of sp³-hybridized carbons (Fsp3) is 0.833. The molecule has 0 aromatic heterocycles. The molecule has 2 amide bonds. The minimum absolute atomic E-state index is 0.118. The van der Waals surface area contributed by atoms with Crippen LogP contribution in [0.25, 0.3) is 0 Å². The average molecular weight is 256 g/mol. The Labute approximate surface area is 106 Å². The lowest BCUT2D eigenvalue weighted by Crippen LogP contribution is -2.49. The molecule has 0 spiro atoms. The topological polar surface area (TPSA) is 81.1 Å². The van der Waals surface area contributed by atoms with E-state index in [1.165, 1.54) is 4.90 Å². The smallest absolute Gasteiger partial charge is 0.326 e. The molecular weight excluding hydrogens is 236 g/mol. The quantitative estimate of drug-likeness (QED) is 0.754. The van der Waals surface area contributed by atoms with Crippen molar-refractivity contribution < 1.29 is 19.8 Å². The van der Waals surface area contributed by atoms with Crippen LogP contribution in [0.2, 0.25) is 0 Å². The SMILES string of the molecule is CN(C(=O)N1CC(O)C[C@H]1C(=O)O)C1CCCC1. The lowest BCUT2D eigenvalue weighted by atomic mass is 10.2. The third-order valence-corrected chi connectivity index (χ3v) is 3.98. The molecule has 2 fully saturated rings. The number of carboxylic acids is 1. The van der Waals surface area contributed by atoms with Gasteiger partial charge in [0.2, 0.25) is 0 Å². The van der Waals surface area contributed by atoms with Crippen LogP contribution in [0.5, 0.6) is 0 Å². The monoisotopic (exact) mass is 256 g/mol. The van der Waals surface area contributed by atoms with Crippen LogP contribution < -0.4 is 0 Å². The molecule has 1 saturated heterocycles. The van der Waals surface area contributed by atoms with Crippen LogP contribution in [-0.4, -0.2) is 63.8 Å². The Morgan fingerprint density at radius 3 is 2.44 bits per heavy atom. The molecule has 1 unspecified atom stereocenters. The predicted octanol–water partition coefficient (Wildman–Crippen LogP) is 0.501. The number of β-amino-alcohol motifs (C(OH)–C–C–N with tert-alkyl or cyclic N) is 1. The maximum absolute atomic E-state index is 12.3. The second-order valence-electron chi connectivity index (χ2n) is 5.23. The van der Waals surface area contributed by atoms with Gasteiger partial charge in [-0.3, -0.25) is 0 Å². The lowest BCUT2D eigenvalue weighted by Gasteiger charge is -2.31. The Hall–Kier alpha value is -1.30. The molecule has 2 N–H and O–H groups in total. The Morgan fingerprint density at radius 1 is 1.28 bits per heavy atom. The van der Waals surface area contributed by atoms with Gasteiger partial charge in [-0.05, 0) is 12.8 Å². The molecule has 6 nitrogen and oxygen atoms in total. The number of amides is 2. The molecule has 0 bridgehead atoms. The number of hydrogen-bond acceptors (Lipinski definition) is 3. The number of likely N-dealkylation sites (tertiary alicyclic amines) is 1. The van der Waals surface area contributed by atoms with E-state index in [0.29, 0.717) is 0 Å². The van der Waals surface area contributed by atoms with Gasteiger partial charge in [-0.25, -0.2) is 9.59 Å². The summed E-state index contributed by atoms with van der Waals surface area (Å²) in [6.45, 7) is 0.118. The number of urea groups is 1. The van der Waals surface area contributed by atoms with Gasteiger partial charge in [0.15, 0.2) is 0 Å². The Bertz CT molecular complexity index is 341. The van der Waals surface area contributed by atoms with E-state index >= 15 is 0 Å². The predicted molar refractivity (Wildman–Crippen MR) is 64.2 cm³/mol. The summed E-state index contributed by atoms with van der Waals surface area (Å²) in [4.78, 5) is 26.3. The summed E-state index contributed by atoms with van der Waals surface area (Å²) in [6, 6.07) is -0.952. The minimum Gasteiger partial charge on any atom is -0.480 e. The van der Waals surface area contributed by atoms with Crippen molar-refractivity contribution in [2.45, 2.75) is 50.3 Å². The van der Waals surface area contributed by atoms with E-state index in [1.54, 1.807) is 11.9 Å². The summed E-state index contributed by atoms with van der Waals surface area (Å²) in [5.41, 5.74) is 0. The minimum atomic E-state index is -1.04. The first-order valence-electron chi connectivity index (χ1n) is 6.45. The fourth-order valence-electron chi connectivity index (χ4n) is 2.91. The van der Waals surface area contributed by atoms with Gasteiger partial charge >= 0.3 is 12.0 Å². The largest absolute Gasteiger partial charge is 0.480 e. The first-order valence-corrected chi connectivity index (χ1v) is 6.45. The van der Waals surface area contributed by atoms with Gasteiger partial charge in [0.05, 0.1) is 6.10 Å². The molecule has 2 rings (SSSR count). The number of aliphatic carboxylic acids is 1. The Morgan fingerprint density at radius 2 is 1.89 bits per heavy atom. The molecule has 0 aromatic rings. The number of carbonyl (C=O) groups is 2. The first-order chi connectivity index (χ1) is 8.50. The first kappa shape index (κ1) is 13.1. The molecular formula is C12H20N2O4. The van der Waals surface area contributed by atoms with E-state index in [4.69, 9.17) is 5.11 Å². The summed E-state index contributed by atoms with van der Waals surface area (Å²) in [5, 5.41) is 18.6. The normalized spacial score (nSPS) is 28.7. The molecule has 1 heterocycles. The van der Waals surface area contributed by atoms with Crippen molar-refractivity contribution in [2.24, 2.45) is 0 Å². The van der Waals surface area contributed by atoms with E-state index in [9.17, 15) is 14.7 Å². The Balaban J connectivity index is 2.04. The van der Waals surface area contributed by atoms with Crippen LogP contribution in [-0.2, 0) is 4.79 Å². The van der Waals surface area contributed by atoms with Crippen molar-refractivity contribution in [2.75, 3.05) is 13.6 Å². The second-order valence-corrected chi connectivity index (χ2v) is 5.23. The van der Waals surface area contributed by atoms with Crippen LogP contribution in [0.15, 0.2) is 0 Å². The van der Waals surface area contributed by atoms with E-state index < -0.39 is 18.1 Å². The van der Waals surface area contributed by atoms with Crippen LogP contribution in [0.4, 0.5) is 4.79 Å². The van der Waals surface area contributed by atoms with Gasteiger partial charge in [0, 0.05) is 26.1 Å². The fourth-order valence-corrected chi connectivity index (χ4v) is 2.91. The molecule has 2 atom stereocenters. The summed E-state index contributed by atoms with van der Waals surface area (Å²) in [7, 11) is 1.72. The summed E-state index contributed by atoms with van der Waals surface area (Å²) < 4.78 is 0. The van der Waals surface area contributed by atoms with Gasteiger partial charge in [-0.15, -0.1) is 0 Å². The van der Waals surface area contributed by atoms with Crippen molar-refractivity contribution in [3.05, 3.63) is 0 Å². The maximum Gasteiger partial charge on any atom is 0.326 e. The highest BCUT2D eigenvalue weighted by atomic mass is 16.4. The van der Waals surface area contributed by atoms with Gasteiger partial charge in [-0.1, -0.05) is 12.8 Å². The average Bonchev–Trinajstić information content (AvgIpc) is 2.95.